The molecular formula is C18H22BNO4. The second-order valence-corrected chi connectivity index (χ2v) is 6.52. The van der Waals surface area contributed by atoms with Gasteiger partial charge in [0.1, 0.15) is 5.60 Å². The van der Waals surface area contributed by atoms with Gasteiger partial charge in [0.2, 0.25) is 0 Å². The molecule has 0 fully saturated rings. The second kappa shape index (κ2) is 7.51. The number of hydrogen-bond donors (Lipinski definition) is 2. The second-order valence-electron chi connectivity index (χ2n) is 6.52. The Morgan fingerprint density at radius 3 is 2.12 bits per heavy atom. The Morgan fingerprint density at radius 1 is 1.04 bits per heavy atom. The van der Waals surface area contributed by atoms with Crippen LogP contribution in [-0.2, 0) is 11.3 Å². The highest BCUT2D eigenvalue weighted by Crippen LogP contribution is 2.20. The van der Waals surface area contributed by atoms with E-state index in [0.717, 1.165) is 5.56 Å². The Labute approximate surface area is 142 Å². The molecule has 2 aromatic rings. The molecular weight excluding hydrogens is 305 g/mol. The van der Waals surface area contributed by atoms with E-state index in [1.807, 2.05) is 51.1 Å². The fraction of sp³-hybridized carbons (Fsp3) is 0.278. The van der Waals surface area contributed by atoms with Crippen molar-refractivity contribution in [2.75, 3.05) is 4.90 Å². The van der Waals surface area contributed by atoms with Crippen LogP contribution in [0.15, 0.2) is 54.6 Å². The number of hydrogen-bond acceptors (Lipinski definition) is 4. The minimum atomic E-state index is -1.54. The highest BCUT2D eigenvalue weighted by atomic mass is 16.6. The maximum Gasteiger partial charge on any atom is 0.488 e. The van der Waals surface area contributed by atoms with Crippen LogP contribution < -0.4 is 10.4 Å². The highest BCUT2D eigenvalue weighted by Gasteiger charge is 2.24. The molecule has 0 saturated heterocycles. The summed E-state index contributed by atoms with van der Waals surface area (Å²) in [5.41, 5.74) is 1.35. The molecule has 5 nitrogen and oxygen atoms in total. The average molecular weight is 327 g/mol. The van der Waals surface area contributed by atoms with E-state index in [0.29, 0.717) is 17.7 Å². The SMILES string of the molecule is CC(C)(C)OC(=O)N(Cc1ccccc1)c1ccc(B(O)O)cc1. The van der Waals surface area contributed by atoms with Gasteiger partial charge in [-0.15, -0.1) is 0 Å². The Hall–Kier alpha value is -2.31. The Bertz CT molecular complexity index is 666. The first-order chi connectivity index (χ1) is 11.3. The van der Waals surface area contributed by atoms with E-state index in [1.54, 1.807) is 24.3 Å². The maximum atomic E-state index is 12.6. The molecule has 0 radical (unpaired) electrons. The Balaban J connectivity index is 2.29. The quantitative estimate of drug-likeness (QED) is 0.846. The zero-order valence-electron chi connectivity index (χ0n) is 14.1. The van der Waals surface area contributed by atoms with E-state index >= 15 is 0 Å². The molecule has 1 amide bonds. The maximum absolute atomic E-state index is 12.6. The molecule has 0 bridgehead atoms. The van der Waals surface area contributed by atoms with E-state index in [-0.39, 0.29) is 0 Å². The van der Waals surface area contributed by atoms with Crippen molar-refractivity contribution in [3.8, 4) is 0 Å². The first-order valence-electron chi connectivity index (χ1n) is 7.77. The van der Waals surface area contributed by atoms with Gasteiger partial charge in [0.05, 0.1) is 6.54 Å². The van der Waals surface area contributed by atoms with Gasteiger partial charge in [0, 0.05) is 5.69 Å². The van der Waals surface area contributed by atoms with Gasteiger partial charge < -0.3 is 14.8 Å². The number of nitrogens with zero attached hydrogens (tertiary/aromatic N) is 1. The van der Waals surface area contributed by atoms with Gasteiger partial charge in [0.25, 0.3) is 0 Å². The number of ether oxygens (including phenoxy) is 1. The summed E-state index contributed by atoms with van der Waals surface area (Å²) in [6.07, 6.45) is -0.455. The Kier molecular flexibility index (Phi) is 5.64. The summed E-state index contributed by atoms with van der Waals surface area (Å²) < 4.78 is 5.49. The topological polar surface area (TPSA) is 70.0 Å². The van der Waals surface area contributed by atoms with Crippen molar-refractivity contribution in [2.45, 2.75) is 32.9 Å². The molecule has 2 aromatic carbocycles. The lowest BCUT2D eigenvalue weighted by Gasteiger charge is -2.27. The van der Waals surface area contributed by atoms with Crippen LogP contribution in [0.5, 0.6) is 0 Å². The zero-order chi connectivity index (χ0) is 17.7. The number of carbonyl (C=O) groups excluding carboxylic acids is 1. The number of anilines is 1. The van der Waals surface area contributed by atoms with Crippen molar-refractivity contribution in [1.82, 2.24) is 0 Å². The van der Waals surface area contributed by atoms with Gasteiger partial charge in [0.15, 0.2) is 0 Å². The molecule has 0 spiro atoms. The highest BCUT2D eigenvalue weighted by molar-refractivity contribution is 6.58. The van der Waals surface area contributed by atoms with Crippen LogP contribution in [0.25, 0.3) is 0 Å². The molecule has 6 heteroatoms. The largest absolute Gasteiger partial charge is 0.488 e. The predicted molar refractivity (Wildman–Crippen MR) is 95.1 cm³/mol. The van der Waals surface area contributed by atoms with Crippen LogP contribution in [0, 0.1) is 0 Å². The molecule has 0 aliphatic rings. The first-order valence-corrected chi connectivity index (χ1v) is 7.77. The first kappa shape index (κ1) is 18.0. The summed E-state index contributed by atoms with van der Waals surface area (Å²) in [7, 11) is -1.54. The molecule has 0 aliphatic heterocycles. The van der Waals surface area contributed by atoms with Gasteiger partial charge in [-0.3, -0.25) is 4.90 Å². The molecule has 0 unspecified atom stereocenters. The summed E-state index contributed by atoms with van der Waals surface area (Å²) >= 11 is 0. The summed E-state index contributed by atoms with van der Waals surface area (Å²) in [5, 5.41) is 18.4. The molecule has 2 rings (SSSR count). The summed E-state index contributed by atoms with van der Waals surface area (Å²) in [4.78, 5) is 14.1. The zero-order valence-corrected chi connectivity index (χ0v) is 14.1. The fourth-order valence-electron chi connectivity index (χ4n) is 2.17. The summed E-state index contributed by atoms with van der Waals surface area (Å²) in [5.74, 6) is 0. The number of amides is 1. The molecule has 0 aliphatic carbocycles. The van der Waals surface area contributed by atoms with Crippen molar-refractivity contribution >= 4 is 24.4 Å². The summed E-state index contributed by atoms with van der Waals surface area (Å²) in [6, 6.07) is 16.1. The van der Waals surface area contributed by atoms with Crippen LogP contribution in [0.4, 0.5) is 10.5 Å². The Morgan fingerprint density at radius 2 is 1.62 bits per heavy atom. The van der Waals surface area contributed by atoms with Crippen LogP contribution in [0.1, 0.15) is 26.3 Å². The third-order valence-corrected chi connectivity index (χ3v) is 3.30. The van der Waals surface area contributed by atoms with Crippen LogP contribution in [-0.4, -0.2) is 28.9 Å². The van der Waals surface area contributed by atoms with E-state index in [2.05, 4.69) is 0 Å². The summed E-state index contributed by atoms with van der Waals surface area (Å²) in [6.45, 7) is 5.81. The minimum Gasteiger partial charge on any atom is -0.443 e. The average Bonchev–Trinajstić information content (AvgIpc) is 2.52. The molecule has 0 heterocycles. The van der Waals surface area contributed by atoms with Gasteiger partial charge in [-0.1, -0.05) is 42.5 Å². The van der Waals surface area contributed by atoms with Crippen LogP contribution in [0.2, 0.25) is 0 Å². The van der Waals surface area contributed by atoms with E-state index in [4.69, 9.17) is 4.74 Å². The van der Waals surface area contributed by atoms with Crippen molar-refractivity contribution < 1.29 is 19.6 Å². The van der Waals surface area contributed by atoms with E-state index in [1.165, 1.54) is 4.90 Å². The van der Waals surface area contributed by atoms with Crippen LogP contribution >= 0.6 is 0 Å². The normalized spacial score (nSPS) is 11.0. The van der Waals surface area contributed by atoms with Gasteiger partial charge in [-0.2, -0.15) is 0 Å². The third-order valence-electron chi connectivity index (χ3n) is 3.30. The lowest BCUT2D eigenvalue weighted by atomic mass is 9.80. The third kappa shape index (κ3) is 5.11. The lowest BCUT2D eigenvalue weighted by Crippen LogP contribution is -2.37. The molecule has 0 aromatic heterocycles. The minimum absolute atomic E-state index is 0.358. The standard InChI is InChI=1S/C18H22BNO4/c1-18(2,3)24-17(21)20(13-14-7-5-4-6-8-14)16-11-9-15(10-12-16)19(22)23/h4-12,22-23H,13H2,1-3H3. The number of rotatable bonds is 4. The predicted octanol–water partition coefficient (Wildman–Crippen LogP) is 2.31. The van der Waals surface area contributed by atoms with Crippen LogP contribution in [0.3, 0.4) is 0 Å². The molecule has 0 saturated carbocycles. The molecule has 0 atom stereocenters. The fourth-order valence-corrected chi connectivity index (χ4v) is 2.17. The van der Waals surface area contributed by atoms with Crippen molar-refractivity contribution in [2.24, 2.45) is 0 Å². The van der Waals surface area contributed by atoms with E-state index < -0.39 is 18.8 Å². The van der Waals surface area contributed by atoms with E-state index in [9.17, 15) is 14.8 Å². The number of carbonyl (C=O) groups is 1. The number of benzene rings is 2. The molecule has 126 valence electrons. The smallest absolute Gasteiger partial charge is 0.443 e. The van der Waals surface area contributed by atoms with Gasteiger partial charge in [-0.05, 0) is 43.9 Å². The monoisotopic (exact) mass is 327 g/mol. The lowest BCUT2D eigenvalue weighted by molar-refractivity contribution is 0.0577. The molecule has 24 heavy (non-hydrogen) atoms. The van der Waals surface area contributed by atoms with Gasteiger partial charge >= 0.3 is 13.2 Å². The van der Waals surface area contributed by atoms with Crippen molar-refractivity contribution in [3.05, 3.63) is 60.2 Å². The van der Waals surface area contributed by atoms with Crippen molar-refractivity contribution in [3.63, 3.8) is 0 Å². The van der Waals surface area contributed by atoms with Gasteiger partial charge in [-0.25, -0.2) is 4.79 Å². The van der Waals surface area contributed by atoms with Crippen molar-refractivity contribution in [1.29, 1.82) is 0 Å². The molecule has 2 N–H and O–H groups in total.